The lowest BCUT2D eigenvalue weighted by atomic mass is 10.1. The smallest absolute Gasteiger partial charge is 0.269 e. The van der Waals surface area contributed by atoms with Crippen LogP contribution >= 0.6 is 11.6 Å². The lowest BCUT2D eigenvalue weighted by Gasteiger charge is -2.04. The molecule has 0 saturated carbocycles. The molecule has 0 spiro atoms. The molecular weight excluding hydrogens is 230 g/mol. The lowest BCUT2D eigenvalue weighted by Crippen LogP contribution is -2.16. The van der Waals surface area contributed by atoms with Crippen molar-refractivity contribution in [3.05, 3.63) is 33.2 Å². The molecule has 1 rings (SSSR count). The number of rotatable bonds is 2. The first kappa shape index (κ1) is 11.3. The first-order chi connectivity index (χ1) is 6.97. The van der Waals surface area contributed by atoms with E-state index in [1.165, 1.54) is 6.07 Å². The summed E-state index contributed by atoms with van der Waals surface area (Å²) in [6.45, 7) is 0. The van der Waals surface area contributed by atoms with Crippen molar-refractivity contribution < 1.29 is 13.6 Å². The third-order valence-electron chi connectivity index (χ3n) is 1.62. The molecular formula is C8H3ClF2N2O2. The Hall–Kier alpha value is -1.74. The van der Waals surface area contributed by atoms with Crippen molar-refractivity contribution in [3.63, 3.8) is 0 Å². The van der Waals surface area contributed by atoms with E-state index in [0.29, 0.717) is 6.07 Å². The number of alkyl halides is 2. The quantitative estimate of drug-likeness (QED) is 0.787. The van der Waals surface area contributed by atoms with E-state index < -0.39 is 34.0 Å². The van der Waals surface area contributed by atoms with Gasteiger partial charge in [-0.1, -0.05) is 0 Å². The van der Waals surface area contributed by atoms with Gasteiger partial charge in [0.2, 0.25) is 0 Å². The Morgan fingerprint density at radius 2 is 2.20 bits per heavy atom. The third-order valence-corrected chi connectivity index (χ3v) is 1.81. The van der Waals surface area contributed by atoms with Crippen molar-refractivity contribution in [1.82, 2.24) is 4.98 Å². The molecule has 0 amide bonds. The maximum absolute atomic E-state index is 12.4. The summed E-state index contributed by atoms with van der Waals surface area (Å²) in [5, 5.41) is 7.22. The first-order valence-corrected chi connectivity index (χ1v) is 4.00. The number of H-pyrrole nitrogens is 1. The van der Waals surface area contributed by atoms with Gasteiger partial charge >= 0.3 is 0 Å². The molecule has 0 aliphatic rings. The Balaban J connectivity index is 3.55. The fourth-order valence-electron chi connectivity index (χ4n) is 0.964. The minimum atomic E-state index is -2.99. The largest absolute Gasteiger partial charge is 0.317 e. The Bertz CT molecular complexity index is 504. The topological polar surface area (TPSA) is 73.7 Å². The zero-order valence-electron chi connectivity index (χ0n) is 7.05. The number of hydrogen-bond acceptors (Lipinski definition) is 3. The van der Waals surface area contributed by atoms with Gasteiger partial charge in [-0.05, 0) is 17.7 Å². The highest BCUT2D eigenvalue weighted by molar-refractivity contribution is 6.67. The summed E-state index contributed by atoms with van der Waals surface area (Å²) >= 11 is 4.99. The van der Waals surface area contributed by atoms with Crippen molar-refractivity contribution in [2.45, 2.75) is 6.43 Å². The Labute approximate surface area is 87.1 Å². The third kappa shape index (κ3) is 2.19. The van der Waals surface area contributed by atoms with Gasteiger partial charge in [0.05, 0.1) is 0 Å². The van der Waals surface area contributed by atoms with E-state index in [1.807, 2.05) is 4.98 Å². The fraction of sp³-hybridized carbons (Fsp3) is 0.125. The van der Waals surface area contributed by atoms with Gasteiger partial charge in [-0.25, -0.2) is 8.78 Å². The molecule has 78 valence electrons. The normalized spacial score (nSPS) is 10.1. The predicted octanol–water partition coefficient (Wildman–Crippen LogP) is 1.56. The maximum atomic E-state index is 12.4. The SMILES string of the molecule is N#Cc1cc(C(F)F)c(C(=O)Cl)[nH]c1=O. The highest BCUT2D eigenvalue weighted by Gasteiger charge is 2.20. The van der Waals surface area contributed by atoms with Crippen LogP contribution in [0.5, 0.6) is 0 Å². The van der Waals surface area contributed by atoms with Crippen LogP contribution in [0.4, 0.5) is 8.78 Å². The van der Waals surface area contributed by atoms with Crippen LogP contribution in [0, 0.1) is 11.3 Å². The van der Waals surface area contributed by atoms with E-state index in [9.17, 15) is 18.4 Å². The molecule has 0 aliphatic heterocycles. The summed E-state index contributed by atoms with van der Waals surface area (Å²) in [6.07, 6.45) is -2.99. The Morgan fingerprint density at radius 3 is 2.60 bits per heavy atom. The van der Waals surface area contributed by atoms with Gasteiger partial charge in [0.25, 0.3) is 17.2 Å². The van der Waals surface area contributed by atoms with Crippen LogP contribution in [0.25, 0.3) is 0 Å². The zero-order chi connectivity index (χ0) is 11.6. The van der Waals surface area contributed by atoms with Crippen LogP contribution in [0.2, 0.25) is 0 Å². The molecule has 1 aromatic rings. The second-order valence-electron chi connectivity index (χ2n) is 2.53. The molecule has 1 aromatic heterocycles. The average Bonchev–Trinajstić information content (AvgIpc) is 2.16. The number of carbonyl (C=O) groups is 1. The minimum Gasteiger partial charge on any atom is -0.317 e. The molecule has 0 fully saturated rings. The van der Waals surface area contributed by atoms with E-state index in [0.717, 1.165) is 0 Å². The second kappa shape index (κ2) is 4.19. The number of aromatic amines is 1. The highest BCUT2D eigenvalue weighted by atomic mass is 35.5. The summed E-state index contributed by atoms with van der Waals surface area (Å²) in [4.78, 5) is 23.6. The second-order valence-corrected chi connectivity index (χ2v) is 2.87. The van der Waals surface area contributed by atoms with Crippen molar-refractivity contribution in [2.24, 2.45) is 0 Å². The molecule has 0 atom stereocenters. The van der Waals surface area contributed by atoms with Gasteiger partial charge in [0, 0.05) is 5.56 Å². The van der Waals surface area contributed by atoms with Crippen LogP contribution in [0.3, 0.4) is 0 Å². The van der Waals surface area contributed by atoms with E-state index in [1.54, 1.807) is 0 Å². The molecule has 15 heavy (non-hydrogen) atoms. The number of carbonyl (C=O) groups excluding carboxylic acids is 1. The van der Waals surface area contributed by atoms with Crippen LogP contribution in [0.1, 0.15) is 28.0 Å². The summed E-state index contributed by atoms with van der Waals surface area (Å²) in [5.74, 6) is 0. The molecule has 0 radical (unpaired) electrons. The summed E-state index contributed by atoms with van der Waals surface area (Å²) in [6, 6.07) is 2.08. The predicted molar refractivity (Wildman–Crippen MR) is 46.9 cm³/mol. The average molecular weight is 233 g/mol. The molecule has 0 aromatic carbocycles. The monoisotopic (exact) mass is 232 g/mol. The molecule has 0 bridgehead atoms. The van der Waals surface area contributed by atoms with Crippen molar-refractivity contribution in [3.8, 4) is 6.07 Å². The summed E-state index contributed by atoms with van der Waals surface area (Å²) in [5.41, 5.74) is -2.86. The number of aromatic nitrogens is 1. The number of nitrogens with one attached hydrogen (secondary N) is 1. The molecule has 0 aliphatic carbocycles. The summed E-state index contributed by atoms with van der Waals surface area (Å²) in [7, 11) is 0. The van der Waals surface area contributed by atoms with Crippen molar-refractivity contribution in [2.75, 3.05) is 0 Å². The Kier molecular flexibility index (Phi) is 3.17. The first-order valence-electron chi connectivity index (χ1n) is 3.62. The zero-order valence-corrected chi connectivity index (χ0v) is 7.81. The number of halogens is 3. The maximum Gasteiger partial charge on any atom is 0.269 e. The van der Waals surface area contributed by atoms with Gasteiger partial charge in [0.1, 0.15) is 17.3 Å². The van der Waals surface area contributed by atoms with E-state index in [2.05, 4.69) is 0 Å². The van der Waals surface area contributed by atoms with Crippen molar-refractivity contribution in [1.29, 1.82) is 5.26 Å². The molecule has 0 unspecified atom stereocenters. The molecule has 7 heteroatoms. The molecule has 1 heterocycles. The Morgan fingerprint density at radius 1 is 1.60 bits per heavy atom. The number of nitriles is 1. The number of hydrogen-bond donors (Lipinski definition) is 1. The lowest BCUT2D eigenvalue weighted by molar-refractivity contribution is 0.106. The molecule has 0 saturated heterocycles. The van der Waals surface area contributed by atoms with E-state index in [4.69, 9.17) is 16.9 Å². The van der Waals surface area contributed by atoms with Gasteiger partial charge in [-0.2, -0.15) is 5.26 Å². The van der Waals surface area contributed by atoms with Gasteiger partial charge in [-0.3, -0.25) is 9.59 Å². The highest BCUT2D eigenvalue weighted by Crippen LogP contribution is 2.22. The fourth-order valence-corrected chi connectivity index (χ4v) is 1.12. The van der Waals surface area contributed by atoms with Gasteiger partial charge in [0.15, 0.2) is 0 Å². The number of nitrogens with zero attached hydrogens (tertiary/aromatic N) is 1. The molecule has 1 N–H and O–H groups in total. The van der Waals surface area contributed by atoms with Gasteiger partial charge in [-0.15, -0.1) is 0 Å². The summed E-state index contributed by atoms with van der Waals surface area (Å²) < 4.78 is 24.8. The standard InChI is InChI=1S/C8H3ClF2N2O2/c9-6(14)5-4(7(10)11)1-3(2-12)8(15)13-5/h1,7H,(H,13,15). The molecule has 4 nitrogen and oxygen atoms in total. The van der Waals surface area contributed by atoms with E-state index in [-0.39, 0.29) is 0 Å². The minimum absolute atomic E-state index is 0.494. The van der Waals surface area contributed by atoms with Crippen LogP contribution in [-0.4, -0.2) is 10.2 Å². The van der Waals surface area contributed by atoms with Gasteiger partial charge < -0.3 is 4.98 Å². The van der Waals surface area contributed by atoms with Crippen LogP contribution in [-0.2, 0) is 0 Å². The van der Waals surface area contributed by atoms with Crippen LogP contribution < -0.4 is 5.56 Å². The van der Waals surface area contributed by atoms with E-state index >= 15 is 0 Å². The van der Waals surface area contributed by atoms with Crippen molar-refractivity contribution >= 4 is 16.8 Å². The van der Waals surface area contributed by atoms with Crippen LogP contribution in [0.15, 0.2) is 10.9 Å². The number of pyridine rings is 1.